The molecule has 116 valence electrons. The number of anilines is 2. The summed E-state index contributed by atoms with van der Waals surface area (Å²) in [4.78, 5) is 4.75. The van der Waals surface area contributed by atoms with Crippen molar-refractivity contribution in [1.82, 2.24) is 4.98 Å². The van der Waals surface area contributed by atoms with Crippen LogP contribution in [0.2, 0.25) is 0 Å². The van der Waals surface area contributed by atoms with E-state index in [4.69, 9.17) is 14.5 Å². The number of benzene rings is 3. The molecular formula is C20H14N2O2. The number of rotatable bonds is 2. The van der Waals surface area contributed by atoms with E-state index in [1.807, 2.05) is 54.6 Å². The van der Waals surface area contributed by atoms with Gasteiger partial charge in [-0.05, 0) is 24.3 Å². The summed E-state index contributed by atoms with van der Waals surface area (Å²) < 4.78 is 10.9. The largest absolute Gasteiger partial charge is 0.454 e. The number of hydrogen-bond donors (Lipinski definition) is 1. The van der Waals surface area contributed by atoms with E-state index in [1.165, 1.54) is 0 Å². The van der Waals surface area contributed by atoms with Gasteiger partial charge in [0, 0.05) is 22.5 Å². The fraction of sp³-hybridized carbons (Fsp3) is 0.0500. The summed E-state index contributed by atoms with van der Waals surface area (Å²) in [6.07, 6.45) is 0. The van der Waals surface area contributed by atoms with E-state index in [9.17, 15) is 0 Å². The van der Waals surface area contributed by atoms with E-state index >= 15 is 0 Å². The van der Waals surface area contributed by atoms with Crippen molar-refractivity contribution >= 4 is 33.2 Å². The Balaban J connectivity index is 1.72. The van der Waals surface area contributed by atoms with E-state index in [1.54, 1.807) is 0 Å². The predicted octanol–water partition coefficient (Wildman–Crippen LogP) is 4.86. The van der Waals surface area contributed by atoms with Crippen molar-refractivity contribution in [2.75, 3.05) is 12.1 Å². The molecule has 0 amide bonds. The summed E-state index contributed by atoms with van der Waals surface area (Å²) in [6.45, 7) is 0.278. The van der Waals surface area contributed by atoms with Crippen molar-refractivity contribution in [3.05, 3.63) is 66.7 Å². The Morgan fingerprint density at radius 3 is 2.17 bits per heavy atom. The van der Waals surface area contributed by atoms with Gasteiger partial charge in [-0.2, -0.15) is 0 Å². The fourth-order valence-corrected chi connectivity index (χ4v) is 3.09. The summed E-state index contributed by atoms with van der Waals surface area (Å²) in [5, 5.41) is 5.73. The molecule has 4 aromatic rings. The van der Waals surface area contributed by atoms with Crippen molar-refractivity contribution < 1.29 is 9.47 Å². The molecule has 5 rings (SSSR count). The molecule has 2 heterocycles. The van der Waals surface area contributed by atoms with Crippen molar-refractivity contribution in [2.45, 2.75) is 0 Å². The van der Waals surface area contributed by atoms with Crippen LogP contribution in [0, 0.1) is 0 Å². The first-order valence-electron chi connectivity index (χ1n) is 7.83. The van der Waals surface area contributed by atoms with Gasteiger partial charge in [0.25, 0.3) is 0 Å². The number of hydrogen-bond acceptors (Lipinski definition) is 4. The zero-order chi connectivity index (χ0) is 15.9. The van der Waals surface area contributed by atoms with Crippen molar-refractivity contribution in [3.63, 3.8) is 0 Å². The third kappa shape index (κ3) is 2.04. The third-order valence-corrected chi connectivity index (χ3v) is 4.23. The number of nitrogens with one attached hydrogen (secondary N) is 1. The van der Waals surface area contributed by atoms with Crippen LogP contribution in [-0.4, -0.2) is 11.8 Å². The van der Waals surface area contributed by atoms with Crippen LogP contribution in [-0.2, 0) is 0 Å². The molecule has 0 bridgehead atoms. The third-order valence-electron chi connectivity index (χ3n) is 4.23. The zero-order valence-electron chi connectivity index (χ0n) is 12.8. The van der Waals surface area contributed by atoms with Gasteiger partial charge in [-0.15, -0.1) is 0 Å². The van der Waals surface area contributed by atoms with Gasteiger partial charge in [0.05, 0.1) is 16.7 Å². The molecule has 0 spiro atoms. The number of pyridine rings is 1. The molecule has 3 aromatic carbocycles. The van der Waals surface area contributed by atoms with E-state index in [-0.39, 0.29) is 6.79 Å². The Labute approximate surface area is 138 Å². The minimum atomic E-state index is 0.278. The van der Waals surface area contributed by atoms with Gasteiger partial charge in [0.1, 0.15) is 0 Å². The van der Waals surface area contributed by atoms with E-state index in [2.05, 4.69) is 17.4 Å². The van der Waals surface area contributed by atoms with Gasteiger partial charge in [-0.3, -0.25) is 0 Å². The zero-order valence-corrected chi connectivity index (χ0v) is 12.8. The number of nitrogens with zero attached hydrogens (tertiary/aromatic N) is 1. The highest BCUT2D eigenvalue weighted by molar-refractivity contribution is 6.08. The molecular weight excluding hydrogens is 300 g/mol. The number of aromatic nitrogens is 1. The lowest BCUT2D eigenvalue weighted by Gasteiger charge is -2.13. The Bertz CT molecular complexity index is 1020. The Morgan fingerprint density at radius 1 is 0.750 bits per heavy atom. The molecule has 0 unspecified atom stereocenters. The SMILES string of the molecule is c1ccc2c(Nc3ccc4c(c3)OCO4)c3ccccc3nc2c1. The molecule has 0 saturated heterocycles. The smallest absolute Gasteiger partial charge is 0.231 e. The molecule has 4 heteroatoms. The van der Waals surface area contributed by atoms with Crippen LogP contribution >= 0.6 is 0 Å². The number of para-hydroxylation sites is 2. The van der Waals surface area contributed by atoms with Crippen LogP contribution in [0.15, 0.2) is 66.7 Å². The topological polar surface area (TPSA) is 43.4 Å². The van der Waals surface area contributed by atoms with Gasteiger partial charge in [0.2, 0.25) is 6.79 Å². The summed E-state index contributed by atoms with van der Waals surface area (Å²) in [5.74, 6) is 1.55. The minimum absolute atomic E-state index is 0.278. The van der Waals surface area contributed by atoms with Crippen molar-refractivity contribution in [1.29, 1.82) is 0 Å². The second kappa shape index (κ2) is 5.13. The average molecular weight is 314 g/mol. The van der Waals surface area contributed by atoms with E-state index in [0.717, 1.165) is 44.7 Å². The van der Waals surface area contributed by atoms with Gasteiger partial charge in [-0.1, -0.05) is 36.4 Å². The maximum absolute atomic E-state index is 5.48. The second-order valence-corrected chi connectivity index (χ2v) is 5.71. The Kier molecular flexibility index (Phi) is 2.82. The quantitative estimate of drug-likeness (QED) is 0.537. The summed E-state index contributed by atoms with van der Waals surface area (Å²) in [5.41, 5.74) is 3.95. The van der Waals surface area contributed by atoms with Gasteiger partial charge in [-0.25, -0.2) is 4.98 Å². The first-order valence-corrected chi connectivity index (χ1v) is 7.83. The molecule has 1 aromatic heterocycles. The molecule has 1 N–H and O–H groups in total. The highest BCUT2D eigenvalue weighted by atomic mass is 16.7. The maximum Gasteiger partial charge on any atom is 0.231 e. The summed E-state index contributed by atoms with van der Waals surface area (Å²) in [7, 11) is 0. The lowest BCUT2D eigenvalue weighted by atomic mass is 10.1. The minimum Gasteiger partial charge on any atom is -0.454 e. The molecule has 1 aliphatic rings. The lowest BCUT2D eigenvalue weighted by Crippen LogP contribution is -1.95. The molecule has 0 atom stereocenters. The van der Waals surface area contributed by atoms with Crippen molar-refractivity contribution in [3.8, 4) is 11.5 Å². The maximum atomic E-state index is 5.48. The number of fused-ring (bicyclic) bond motifs is 3. The van der Waals surface area contributed by atoms with E-state index < -0.39 is 0 Å². The average Bonchev–Trinajstić information content (AvgIpc) is 3.09. The normalized spacial score (nSPS) is 12.7. The van der Waals surface area contributed by atoms with Crippen LogP contribution in [0.4, 0.5) is 11.4 Å². The molecule has 24 heavy (non-hydrogen) atoms. The molecule has 1 aliphatic heterocycles. The number of ether oxygens (including phenoxy) is 2. The molecule has 4 nitrogen and oxygen atoms in total. The van der Waals surface area contributed by atoms with Gasteiger partial charge in [0.15, 0.2) is 11.5 Å². The van der Waals surface area contributed by atoms with Gasteiger partial charge >= 0.3 is 0 Å². The monoisotopic (exact) mass is 314 g/mol. The predicted molar refractivity (Wildman–Crippen MR) is 95.1 cm³/mol. The summed E-state index contributed by atoms with van der Waals surface area (Å²) in [6, 6.07) is 22.2. The van der Waals surface area contributed by atoms with Crippen LogP contribution in [0.3, 0.4) is 0 Å². The molecule has 0 fully saturated rings. The Morgan fingerprint density at radius 2 is 1.42 bits per heavy atom. The first kappa shape index (κ1) is 13.2. The van der Waals surface area contributed by atoms with E-state index in [0.29, 0.717) is 0 Å². The van der Waals surface area contributed by atoms with Crippen LogP contribution < -0.4 is 14.8 Å². The Hall–Kier alpha value is -3.27. The van der Waals surface area contributed by atoms with Crippen LogP contribution in [0.1, 0.15) is 0 Å². The summed E-state index contributed by atoms with van der Waals surface area (Å²) >= 11 is 0. The van der Waals surface area contributed by atoms with Gasteiger partial charge < -0.3 is 14.8 Å². The first-order chi connectivity index (χ1) is 11.9. The highest BCUT2D eigenvalue weighted by Crippen LogP contribution is 2.37. The highest BCUT2D eigenvalue weighted by Gasteiger charge is 2.14. The lowest BCUT2D eigenvalue weighted by molar-refractivity contribution is 0.174. The molecule has 0 radical (unpaired) electrons. The second-order valence-electron chi connectivity index (χ2n) is 5.71. The molecule has 0 saturated carbocycles. The van der Waals surface area contributed by atoms with Crippen LogP contribution in [0.25, 0.3) is 21.8 Å². The van der Waals surface area contributed by atoms with Crippen LogP contribution in [0.5, 0.6) is 11.5 Å². The standard InChI is InChI=1S/C20H14N2O2/c1-3-7-16-14(5-1)20(15-6-2-4-8-17(15)22-16)21-13-9-10-18-19(11-13)24-12-23-18/h1-11H,12H2,(H,21,22). The molecule has 0 aliphatic carbocycles. The van der Waals surface area contributed by atoms with Crippen molar-refractivity contribution in [2.24, 2.45) is 0 Å². The fourth-order valence-electron chi connectivity index (χ4n) is 3.09.